The Hall–Kier alpha value is -3.26. The molecule has 0 unspecified atom stereocenters. The van der Waals surface area contributed by atoms with Gasteiger partial charge in [0, 0.05) is 12.2 Å². The van der Waals surface area contributed by atoms with Gasteiger partial charge in [-0.05, 0) is 35.7 Å². The van der Waals surface area contributed by atoms with Gasteiger partial charge in [0.2, 0.25) is 0 Å². The zero-order valence-corrected chi connectivity index (χ0v) is 13.0. The molecule has 0 bridgehead atoms. The lowest BCUT2D eigenvalue weighted by atomic mass is 10.2. The van der Waals surface area contributed by atoms with Crippen LogP contribution < -0.4 is 10.6 Å². The molecule has 8 heteroatoms. The Balaban J connectivity index is 1.69. The summed E-state index contributed by atoms with van der Waals surface area (Å²) in [7, 11) is 0. The number of hydrogen-bond donors (Lipinski definition) is 1. The number of amidine groups is 1. The molecule has 1 aromatic heterocycles. The van der Waals surface area contributed by atoms with E-state index >= 15 is 0 Å². The second kappa shape index (κ2) is 6.47. The van der Waals surface area contributed by atoms with Crippen molar-refractivity contribution >= 4 is 40.6 Å². The molecule has 2 N–H and O–H groups in total. The summed E-state index contributed by atoms with van der Waals surface area (Å²) in [6.07, 6.45) is 2.37. The third-order valence-corrected chi connectivity index (χ3v) is 4.06. The number of thiophene rings is 1. The maximum atomic E-state index is 11.9. The smallest absolute Gasteiger partial charge is 0.365 e. The van der Waals surface area contributed by atoms with Gasteiger partial charge in [-0.2, -0.15) is 0 Å². The van der Waals surface area contributed by atoms with Crippen molar-refractivity contribution in [1.29, 1.82) is 0 Å². The van der Waals surface area contributed by atoms with E-state index in [1.165, 1.54) is 47.8 Å². The summed E-state index contributed by atoms with van der Waals surface area (Å²) in [5, 5.41) is 5.42. The molecule has 2 heterocycles. The summed E-state index contributed by atoms with van der Waals surface area (Å²) in [4.78, 5) is 41.6. The average Bonchev–Trinajstić information content (AvgIpc) is 3.23. The Morgan fingerprint density at radius 1 is 1.08 bits per heavy atom. The number of benzene rings is 1. The minimum atomic E-state index is -0.696. The van der Waals surface area contributed by atoms with Crippen molar-refractivity contribution in [2.24, 2.45) is 10.9 Å². The summed E-state index contributed by atoms with van der Waals surface area (Å²) in [5.74, 6) is -1.44. The molecule has 7 nitrogen and oxygen atoms in total. The van der Waals surface area contributed by atoms with Crippen LogP contribution in [0.1, 0.15) is 15.2 Å². The molecular formula is C16H11N3O4S. The van der Waals surface area contributed by atoms with Crippen LogP contribution in [0.4, 0.5) is 5.69 Å². The van der Waals surface area contributed by atoms with Crippen LogP contribution in [0.5, 0.6) is 0 Å². The van der Waals surface area contributed by atoms with E-state index in [0.717, 1.165) is 4.90 Å². The fourth-order valence-electron chi connectivity index (χ4n) is 2.01. The molecule has 2 aromatic rings. The van der Waals surface area contributed by atoms with Crippen LogP contribution in [-0.2, 0) is 14.4 Å². The lowest BCUT2D eigenvalue weighted by Crippen LogP contribution is -2.29. The minimum absolute atomic E-state index is 0.106. The molecule has 1 aromatic carbocycles. The number of imide groups is 1. The van der Waals surface area contributed by atoms with Gasteiger partial charge in [-0.25, -0.2) is 9.69 Å². The fraction of sp³-hybridized carbons (Fsp3) is 0. The number of anilines is 1. The van der Waals surface area contributed by atoms with Gasteiger partial charge >= 0.3 is 5.97 Å². The van der Waals surface area contributed by atoms with Gasteiger partial charge in [0.15, 0.2) is 5.84 Å². The van der Waals surface area contributed by atoms with E-state index in [2.05, 4.69) is 5.16 Å². The highest BCUT2D eigenvalue weighted by Gasteiger charge is 2.25. The molecule has 1 aliphatic rings. The highest BCUT2D eigenvalue weighted by atomic mass is 32.1. The zero-order chi connectivity index (χ0) is 17.1. The molecule has 24 heavy (non-hydrogen) atoms. The van der Waals surface area contributed by atoms with E-state index in [4.69, 9.17) is 10.6 Å². The molecular weight excluding hydrogens is 330 g/mol. The highest BCUT2D eigenvalue weighted by molar-refractivity contribution is 7.12. The van der Waals surface area contributed by atoms with E-state index < -0.39 is 17.8 Å². The Morgan fingerprint density at radius 2 is 1.75 bits per heavy atom. The fourth-order valence-corrected chi connectivity index (χ4v) is 2.63. The van der Waals surface area contributed by atoms with Crippen molar-refractivity contribution in [2.45, 2.75) is 0 Å². The largest absolute Gasteiger partial charge is 0.380 e. The van der Waals surface area contributed by atoms with E-state index in [1.54, 1.807) is 12.1 Å². The predicted molar refractivity (Wildman–Crippen MR) is 88.5 cm³/mol. The average molecular weight is 341 g/mol. The molecule has 0 spiro atoms. The Kier molecular flexibility index (Phi) is 4.21. The van der Waals surface area contributed by atoms with Crippen LogP contribution in [-0.4, -0.2) is 23.6 Å². The van der Waals surface area contributed by atoms with Crippen LogP contribution in [0.25, 0.3) is 0 Å². The minimum Gasteiger partial charge on any atom is -0.380 e. The van der Waals surface area contributed by atoms with Crippen LogP contribution in [0.3, 0.4) is 0 Å². The lowest BCUT2D eigenvalue weighted by molar-refractivity contribution is -0.119. The van der Waals surface area contributed by atoms with E-state index in [9.17, 15) is 14.4 Å². The lowest BCUT2D eigenvalue weighted by Gasteiger charge is -2.13. The van der Waals surface area contributed by atoms with Gasteiger partial charge in [0.25, 0.3) is 11.8 Å². The first-order valence-electron chi connectivity index (χ1n) is 6.81. The predicted octanol–water partition coefficient (Wildman–Crippen LogP) is 1.65. The van der Waals surface area contributed by atoms with E-state index in [0.29, 0.717) is 10.6 Å². The normalized spacial score (nSPS) is 14.3. The van der Waals surface area contributed by atoms with Gasteiger partial charge in [-0.15, -0.1) is 11.3 Å². The van der Waals surface area contributed by atoms with Crippen molar-refractivity contribution < 1.29 is 19.2 Å². The van der Waals surface area contributed by atoms with Crippen molar-refractivity contribution in [3.63, 3.8) is 0 Å². The molecule has 1 aliphatic heterocycles. The summed E-state index contributed by atoms with van der Waals surface area (Å²) in [5.41, 5.74) is 6.28. The van der Waals surface area contributed by atoms with Crippen LogP contribution in [0, 0.1) is 0 Å². The van der Waals surface area contributed by atoms with Crippen LogP contribution >= 0.6 is 11.3 Å². The van der Waals surface area contributed by atoms with Crippen molar-refractivity contribution in [2.75, 3.05) is 4.90 Å². The second-order valence-electron chi connectivity index (χ2n) is 4.72. The van der Waals surface area contributed by atoms with Gasteiger partial charge in [-0.3, -0.25) is 9.59 Å². The zero-order valence-electron chi connectivity index (χ0n) is 12.2. The van der Waals surface area contributed by atoms with Crippen molar-refractivity contribution in [1.82, 2.24) is 0 Å². The maximum absolute atomic E-state index is 11.9. The number of carbonyl (C=O) groups is 3. The summed E-state index contributed by atoms with van der Waals surface area (Å²) in [6.45, 7) is 0. The number of nitrogens with zero attached hydrogens (tertiary/aromatic N) is 2. The highest BCUT2D eigenvalue weighted by Crippen LogP contribution is 2.20. The standard InChI is InChI=1S/C16H11N3O4S/c17-15(12-2-1-9-24-12)18-23-16(22)10-3-5-11(6-4-10)19-13(20)7-8-14(19)21/h1-9H,(H2,17,18). The maximum Gasteiger partial charge on any atom is 0.365 e. The molecule has 3 rings (SSSR count). The van der Waals surface area contributed by atoms with Gasteiger partial charge in [-0.1, -0.05) is 11.2 Å². The number of hydrogen-bond acceptors (Lipinski definition) is 6. The SMILES string of the molecule is N/C(=N\OC(=O)c1ccc(N2C(=O)C=CC2=O)cc1)c1cccs1. The number of amides is 2. The quantitative estimate of drug-likeness (QED) is 0.299. The summed E-state index contributed by atoms with van der Waals surface area (Å²) >= 11 is 1.37. The Morgan fingerprint density at radius 3 is 2.33 bits per heavy atom. The summed E-state index contributed by atoms with van der Waals surface area (Å²) in [6, 6.07) is 9.39. The van der Waals surface area contributed by atoms with Crippen molar-refractivity contribution in [3.05, 3.63) is 64.4 Å². The second-order valence-corrected chi connectivity index (χ2v) is 5.67. The number of carbonyl (C=O) groups excluding carboxylic acids is 3. The van der Waals surface area contributed by atoms with Gasteiger partial charge in [0.05, 0.1) is 16.1 Å². The van der Waals surface area contributed by atoms with Gasteiger partial charge in [0.1, 0.15) is 0 Å². The third kappa shape index (κ3) is 3.08. The van der Waals surface area contributed by atoms with E-state index in [-0.39, 0.29) is 11.4 Å². The molecule has 0 radical (unpaired) electrons. The Labute approximate surface area is 140 Å². The third-order valence-electron chi connectivity index (χ3n) is 3.17. The molecule has 0 saturated carbocycles. The van der Waals surface area contributed by atoms with Crippen LogP contribution in [0.2, 0.25) is 0 Å². The number of rotatable bonds is 4. The number of nitrogens with two attached hydrogens (primary N) is 1. The molecule has 2 amide bonds. The molecule has 120 valence electrons. The van der Waals surface area contributed by atoms with E-state index in [1.807, 2.05) is 5.38 Å². The Bertz CT molecular complexity index is 836. The molecule has 0 atom stereocenters. The van der Waals surface area contributed by atoms with Gasteiger partial charge < -0.3 is 10.6 Å². The molecule has 0 aliphatic carbocycles. The number of oxime groups is 1. The van der Waals surface area contributed by atoms with Crippen molar-refractivity contribution in [3.8, 4) is 0 Å². The first-order valence-corrected chi connectivity index (χ1v) is 7.69. The first kappa shape index (κ1) is 15.6. The first-order chi connectivity index (χ1) is 11.6. The molecule has 0 saturated heterocycles. The summed E-state index contributed by atoms with van der Waals surface area (Å²) < 4.78 is 0. The monoisotopic (exact) mass is 341 g/mol. The molecule has 0 fully saturated rings. The van der Waals surface area contributed by atoms with Crippen LogP contribution in [0.15, 0.2) is 59.1 Å². The topological polar surface area (TPSA) is 102 Å².